The number of furan rings is 1. The van der Waals surface area contributed by atoms with Gasteiger partial charge in [-0.2, -0.15) is 0 Å². The van der Waals surface area contributed by atoms with Gasteiger partial charge in [0.1, 0.15) is 10.9 Å². The van der Waals surface area contributed by atoms with Crippen LogP contribution >= 0.6 is 27.5 Å². The largest absolute Gasteiger partial charge is 0.458 e. The van der Waals surface area contributed by atoms with Gasteiger partial charge in [-0.05, 0) is 28.1 Å². The van der Waals surface area contributed by atoms with Gasteiger partial charge in [-0.15, -0.1) is 0 Å². The van der Waals surface area contributed by atoms with Gasteiger partial charge in [-0.25, -0.2) is 9.97 Å². The molecule has 0 atom stereocenters. The Hall–Kier alpha value is -0.910. The standard InChI is InChI=1S/C12H12BrClN2O2/c1-3-7-4-5-9(18-7)12-15-8(6-17-2)10(13)11(14)16-12/h4-5H,3,6H2,1-2H3. The van der Waals surface area contributed by atoms with Gasteiger partial charge in [-0.3, -0.25) is 0 Å². The van der Waals surface area contributed by atoms with Gasteiger partial charge >= 0.3 is 0 Å². The zero-order chi connectivity index (χ0) is 13.1. The third kappa shape index (κ3) is 2.74. The number of hydrogen-bond donors (Lipinski definition) is 0. The van der Waals surface area contributed by atoms with Crippen LogP contribution in [0.15, 0.2) is 21.0 Å². The van der Waals surface area contributed by atoms with E-state index in [2.05, 4.69) is 25.9 Å². The highest BCUT2D eigenvalue weighted by molar-refractivity contribution is 9.10. The smallest absolute Gasteiger partial charge is 0.197 e. The van der Waals surface area contributed by atoms with Crippen LogP contribution in [-0.2, 0) is 17.8 Å². The third-order valence-electron chi connectivity index (χ3n) is 2.39. The topological polar surface area (TPSA) is 48.2 Å². The Kier molecular flexibility index (Phi) is 4.37. The number of hydrogen-bond acceptors (Lipinski definition) is 4. The first-order chi connectivity index (χ1) is 8.65. The van der Waals surface area contributed by atoms with Crippen LogP contribution in [0.5, 0.6) is 0 Å². The zero-order valence-electron chi connectivity index (χ0n) is 10.0. The SMILES string of the molecule is CCc1ccc(-c2nc(Cl)c(Br)c(COC)n2)o1. The summed E-state index contributed by atoms with van der Waals surface area (Å²) in [6, 6.07) is 3.75. The molecule has 0 N–H and O–H groups in total. The van der Waals surface area contributed by atoms with Gasteiger partial charge in [0.2, 0.25) is 0 Å². The fourth-order valence-electron chi connectivity index (χ4n) is 1.49. The summed E-state index contributed by atoms with van der Waals surface area (Å²) in [5.74, 6) is 1.97. The van der Waals surface area contributed by atoms with Gasteiger partial charge in [0, 0.05) is 13.5 Å². The Balaban J connectivity index is 2.44. The zero-order valence-corrected chi connectivity index (χ0v) is 12.4. The van der Waals surface area contributed by atoms with Crippen LogP contribution in [0.4, 0.5) is 0 Å². The van der Waals surface area contributed by atoms with Crippen LogP contribution < -0.4 is 0 Å². The Morgan fingerprint density at radius 2 is 2.17 bits per heavy atom. The van der Waals surface area contributed by atoms with Crippen molar-refractivity contribution in [3.8, 4) is 11.6 Å². The van der Waals surface area contributed by atoms with Crippen LogP contribution in [0, 0.1) is 0 Å². The van der Waals surface area contributed by atoms with Crippen molar-refractivity contribution >= 4 is 27.5 Å². The second kappa shape index (κ2) is 5.82. The number of nitrogens with zero attached hydrogens (tertiary/aromatic N) is 2. The highest BCUT2D eigenvalue weighted by Crippen LogP contribution is 2.28. The van der Waals surface area contributed by atoms with E-state index in [4.69, 9.17) is 20.8 Å². The molecule has 96 valence electrons. The molecule has 2 aromatic rings. The number of methoxy groups -OCH3 is 1. The first kappa shape index (κ1) is 13.5. The molecule has 0 spiro atoms. The highest BCUT2D eigenvalue weighted by atomic mass is 79.9. The summed E-state index contributed by atoms with van der Waals surface area (Å²) in [6.45, 7) is 2.38. The van der Waals surface area contributed by atoms with Gasteiger partial charge < -0.3 is 9.15 Å². The molecule has 0 bridgehead atoms. The molecule has 0 aliphatic heterocycles. The Bertz CT molecular complexity index is 557. The molecule has 0 radical (unpaired) electrons. The van der Waals surface area contributed by atoms with Gasteiger partial charge in [0.25, 0.3) is 0 Å². The molecule has 0 saturated heterocycles. The maximum atomic E-state index is 6.05. The molecule has 0 fully saturated rings. The molecule has 2 aromatic heterocycles. The fourth-order valence-corrected chi connectivity index (χ4v) is 1.97. The minimum Gasteiger partial charge on any atom is -0.458 e. The van der Waals surface area contributed by atoms with Crippen molar-refractivity contribution in [3.05, 3.63) is 33.2 Å². The van der Waals surface area contributed by atoms with Crippen LogP contribution in [0.1, 0.15) is 18.4 Å². The minimum atomic E-state index is 0.349. The van der Waals surface area contributed by atoms with E-state index in [1.165, 1.54) is 0 Å². The summed E-state index contributed by atoms with van der Waals surface area (Å²) in [5, 5.41) is 0.349. The van der Waals surface area contributed by atoms with Crippen molar-refractivity contribution < 1.29 is 9.15 Å². The maximum absolute atomic E-state index is 6.05. The number of ether oxygens (including phenoxy) is 1. The molecule has 2 heterocycles. The highest BCUT2D eigenvalue weighted by Gasteiger charge is 2.14. The first-order valence-corrected chi connectivity index (χ1v) is 6.62. The monoisotopic (exact) mass is 330 g/mol. The number of aryl methyl sites for hydroxylation is 1. The van der Waals surface area contributed by atoms with Crippen LogP contribution in [0.2, 0.25) is 5.15 Å². The van der Waals surface area contributed by atoms with E-state index in [0.717, 1.165) is 12.2 Å². The summed E-state index contributed by atoms with van der Waals surface area (Å²) < 4.78 is 11.3. The molecule has 0 amide bonds. The summed E-state index contributed by atoms with van der Waals surface area (Å²) in [7, 11) is 1.60. The van der Waals surface area contributed by atoms with Crippen molar-refractivity contribution in [1.82, 2.24) is 9.97 Å². The Morgan fingerprint density at radius 3 is 2.78 bits per heavy atom. The molecule has 0 saturated carbocycles. The van der Waals surface area contributed by atoms with E-state index in [1.807, 2.05) is 19.1 Å². The van der Waals surface area contributed by atoms with E-state index >= 15 is 0 Å². The Labute approximate surface area is 118 Å². The van der Waals surface area contributed by atoms with Crippen molar-refractivity contribution in [2.45, 2.75) is 20.0 Å². The second-order valence-electron chi connectivity index (χ2n) is 3.65. The quantitative estimate of drug-likeness (QED) is 0.798. The summed E-state index contributed by atoms with van der Waals surface area (Å²) >= 11 is 9.39. The molecule has 2 rings (SSSR count). The summed E-state index contributed by atoms with van der Waals surface area (Å²) in [6.07, 6.45) is 0.829. The van der Waals surface area contributed by atoms with Gasteiger partial charge in [0.15, 0.2) is 11.6 Å². The lowest BCUT2D eigenvalue weighted by Gasteiger charge is -2.05. The predicted molar refractivity (Wildman–Crippen MR) is 72.5 cm³/mol. The number of halogens is 2. The molecule has 18 heavy (non-hydrogen) atoms. The average Bonchev–Trinajstić information content (AvgIpc) is 2.83. The van der Waals surface area contributed by atoms with Gasteiger partial charge in [-0.1, -0.05) is 18.5 Å². The predicted octanol–water partition coefficient (Wildman–Crippen LogP) is 3.86. The second-order valence-corrected chi connectivity index (χ2v) is 4.80. The fraction of sp³-hybridized carbons (Fsp3) is 0.333. The molecule has 0 aliphatic rings. The van der Waals surface area contributed by atoms with E-state index < -0.39 is 0 Å². The van der Waals surface area contributed by atoms with E-state index in [1.54, 1.807) is 7.11 Å². The van der Waals surface area contributed by atoms with Crippen LogP contribution in [0.3, 0.4) is 0 Å². The average molecular weight is 332 g/mol. The number of rotatable bonds is 4. The lowest BCUT2D eigenvalue weighted by molar-refractivity contribution is 0.181. The van der Waals surface area contributed by atoms with Crippen LogP contribution in [0.25, 0.3) is 11.6 Å². The maximum Gasteiger partial charge on any atom is 0.197 e. The molecule has 0 aliphatic carbocycles. The molecule has 0 aromatic carbocycles. The van der Waals surface area contributed by atoms with Crippen molar-refractivity contribution in [2.75, 3.05) is 7.11 Å². The minimum absolute atomic E-state index is 0.349. The molecule has 0 unspecified atom stereocenters. The van der Waals surface area contributed by atoms with E-state index in [0.29, 0.717) is 33.5 Å². The van der Waals surface area contributed by atoms with Crippen molar-refractivity contribution in [3.63, 3.8) is 0 Å². The lowest BCUT2D eigenvalue weighted by Crippen LogP contribution is -1.99. The first-order valence-electron chi connectivity index (χ1n) is 5.45. The summed E-state index contributed by atoms with van der Waals surface area (Å²) in [5.41, 5.74) is 0.696. The lowest BCUT2D eigenvalue weighted by atomic mass is 10.3. The van der Waals surface area contributed by atoms with Gasteiger partial charge in [0.05, 0.1) is 16.8 Å². The van der Waals surface area contributed by atoms with Crippen molar-refractivity contribution in [1.29, 1.82) is 0 Å². The normalized spacial score (nSPS) is 10.9. The van der Waals surface area contributed by atoms with Crippen molar-refractivity contribution in [2.24, 2.45) is 0 Å². The Morgan fingerprint density at radius 1 is 1.39 bits per heavy atom. The molecule has 4 nitrogen and oxygen atoms in total. The van der Waals surface area contributed by atoms with Crippen LogP contribution in [-0.4, -0.2) is 17.1 Å². The van der Waals surface area contributed by atoms with E-state index in [-0.39, 0.29) is 0 Å². The molecule has 6 heteroatoms. The third-order valence-corrected chi connectivity index (χ3v) is 3.73. The summed E-state index contributed by atoms with van der Waals surface area (Å²) in [4.78, 5) is 8.57. The molecular weight excluding hydrogens is 320 g/mol. The molecular formula is C12H12BrClN2O2. The van der Waals surface area contributed by atoms with E-state index in [9.17, 15) is 0 Å². The number of aromatic nitrogens is 2.